The molecule has 0 aliphatic heterocycles. The van der Waals surface area contributed by atoms with Crippen LogP contribution in [0.3, 0.4) is 0 Å². The SMILES string of the molecule is CCOc1cc(CNCC(C)C)ccc1OCc1ccc(Cl)nc1. The average molecular weight is 349 g/mol. The summed E-state index contributed by atoms with van der Waals surface area (Å²) in [5, 5.41) is 3.91. The van der Waals surface area contributed by atoms with Crippen molar-refractivity contribution in [3.8, 4) is 11.5 Å². The zero-order valence-electron chi connectivity index (χ0n) is 14.5. The third-order valence-electron chi connectivity index (χ3n) is 3.37. The van der Waals surface area contributed by atoms with Gasteiger partial charge in [0.25, 0.3) is 0 Å². The quantitative estimate of drug-likeness (QED) is 0.679. The zero-order valence-corrected chi connectivity index (χ0v) is 15.3. The number of hydrogen-bond acceptors (Lipinski definition) is 4. The molecule has 5 heteroatoms. The van der Waals surface area contributed by atoms with E-state index in [-0.39, 0.29) is 0 Å². The zero-order chi connectivity index (χ0) is 17.4. The fourth-order valence-electron chi connectivity index (χ4n) is 2.21. The van der Waals surface area contributed by atoms with E-state index in [0.717, 1.165) is 30.2 Å². The highest BCUT2D eigenvalue weighted by Crippen LogP contribution is 2.29. The lowest BCUT2D eigenvalue weighted by Crippen LogP contribution is -2.19. The van der Waals surface area contributed by atoms with Crippen LogP contribution in [0, 0.1) is 5.92 Å². The van der Waals surface area contributed by atoms with Gasteiger partial charge < -0.3 is 14.8 Å². The topological polar surface area (TPSA) is 43.4 Å². The largest absolute Gasteiger partial charge is 0.490 e. The summed E-state index contributed by atoms with van der Waals surface area (Å²) in [6, 6.07) is 9.71. The molecule has 4 nitrogen and oxygen atoms in total. The monoisotopic (exact) mass is 348 g/mol. The second-order valence-corrected chi connectivity index (χ2v) is 6.40. The van der Waals surface area contributed by atoms with Gasteiger partial charge in [0.2, 0.25) is 0 Å². The Hall–Kier alpha value is -1.78. The molecule has 24 heavy (non-hydrogen) atoms. The molecule has 130 valence electrons. The Kier molecular flexibility index (Phi) is 7.35. The van der Waals surface area contributed by atoms with Crippen LogP contribution in [0.4, 0.5) is 0 Å². The van der Waals surface area contributed by atoms with Gasteiger partial charge in [-0.3, -0.25) is 0 Å². The molecule has 0 unspecified atom stereocenters. The number of benzene rings is 1. The van der Waals surface area contributed by atoms with E-state index in [1.54, 1.807) is 12.3 Å². The smallest absolute Gasteiger partial charge is 0.161 e. The van der Waals surface area contributed by atoms with Gasteiger partial charge in [-0.15, -0.1) is 0 Å². The molecule has 0 aliphatic rings. The third kappa shape index (κ3) is 6.02. The van der Waals surface area contributed by atoms with Gasteiger partial charge in [-0.25, -0.2) is 4.98 Å². The predicted molar refractivity (Wildman–Crippen MR) is 97.7 cm³/mol. The van der Waals surface area contributed by atoms with Gasteiger partial charge in [0.1, 0.15) is 11.8 Å². The second kappa shape index (κ2) is 9.50. The summed E-state index contributed by atoms with van der Waals surface area (Å²) >= 11 is 5.80. The maximum atomic E-state index is 5.88. The van der Waals surface area contributed by atoms with Crippen LogP contribution in [0.5, 0.6) is 11.5 Å². The molecule has 0 amide bonds. The van der Waals surface area contributed by atoms with E-state index in [4.69, 9.17) is 21.1 Å². The molecule has 0 saturated heterocycles. The molecule has 1 N–H and O–H groups in total. The standard InChI is InChI=1S/C19H25ClN2O2/c1-4-23-18-9-15(11-21-10-14(2)3)5-7-17(18)24-13-16-6-8-19(20)22-12-16/h5-9,12,14,21H,4,10-11,13H2,1-3H3. The van der Waals surface area contributed by atoms with Crippen LogP contribution in [0.2, 0.25) is 5.15 Å². The number of hydrogen-bond donors (Lipinski definition) is 1. The Balaban J connectivity index is 2.01. The first-order chi connectivity index (χ1) is 11.6. The summed E-state index contributed by atoms with van der Waals surface area (Å²) in [5.41, 5.74) is 2.14. The Morgan fingerprint density at radius 1 is 1.08 bits per heavy atom. The molecule has 0 aliphatic carbocycles. The Bertz CT molecular complexity index is 630. The maximum absolute atomic E-state index is 5.88. The predicted octanol–water partition coefficient (Wildman–Crippen LogP) is 4.46. The minimum atomic E-state index is 0.426. The van der Waals surface area contributed by atoms with E-state index in [9.17, 15) is 0 Å². The van der Waals surface area contributed by atoms with Crippen LogP contribution in [-0.2, 0) is 13.2 Å². The van der Waals surface area contributed by atoms with Gasteiger partial charge in [0.15, 0.2) is 11.5 Å². The molecular weight excluding hydrogens is 324 g/mol. The molecule has 0 atom stereocenters. The van der Waals surface area contributed by atoms with Crippen molar-refractivity contribution in [1.29, 1.82) is 0 Å². The number of aromatic nitrogens is 1. The van der Waals surface area contributed by atoms with Crippen LogP contribution in [0.1, 0.15) is 31.9 Å². The molecule has 0 radical (unpaired) electrons. The van der Waals surface area contributed by atoms with E-state index < -0.39 is 0 Å². The van der Waals surface area contributed by atoms with E-state index in [1.165, 1.54) is 5.56 Å². The van der Waals surface area contributed by atoms with Crippen molar-refractivity contribution in [1.82, 2.24) is 10.3 Å². The van der Waals surface area contributed by atoms with Crippen molar-refractivity contribution in [3.05, 3.63) is 52.8 Å². The van der Waals surface area contributed by atoms with Gasteiger partial charge >= 0.3 is 0 Å². The van der Waals surface area contributed by atoms with Gasteiger partial charge in [-0.05, 0) is 43.1 Å². The summed E-state index contributed by atoms with van der Waals surface area (Å²) in [4.78, 5) is 4.06. The fourth-order valence-corrected chi connectivity index (χ4v) is 2.32. The van der Waals surface area contributed by atoms with Crippen LogP contribution < -0.4 is 14.8 Å². The summed E-state index contributed by atoms with van der Waals surface area (Å²) in [7, 11) is 0. The minimum absolute atomic E-state index is 0.426. The van der Waals surface area contributed by atoms with Crippen molar-refractivity contribution < 1.29 is 9.47 Å². The highest BCUT2D eigenvalue weighted by atomic mass is 35.5. The molecule has 1 aromatic carbocycles. The number of rotatable bonds is 9. The average Bonchev–Trinajstić information content (AvgIpc) is 2.55. The summed E-state index contributed by atoms with van der Waals surface area (Å²) in [5.74, 6) is 2.13. The molecule has 0 fully saturated rings. The van der Waals surface area contributed by atoms with Crippen molar-refractivity contribution in [2.45, 2.75) is 33.9 Å². The van der Waals surface area contributed by atoms with Crippen LogP contribution >= 0.6 is 11.6 Å². The molecule has 0 saturated carbocycles. The lowest BCUT2D eigenvalue weighted by molar-refractivity contribution is 0.268. The number of ether oxygens (including phenoxy) is 2. The Morgan fingerprint density at radius 3 is 2.54 bits per heavy atom. The van der Waals surface area contributed by atoms with Crippen molar-refractivity contribution in [3.63, 3.8) is 0 Å². The van der Waals surface area contributed by atoms with E-state index in [0.29, 0.717) is 24.3 Å². The first-order valence-electron chi connectivity index (χ1n) is 8.28. The Morgan fingerprint density at radius 2 is 1.88 bits per heavy atom. The van der Waals surface area contributed by atoms with Crippen molar-refractivity contribution in [2.24, 2.45) is 5.92 Å². The van der Waals surface area contributed by atoms with Gasteiger partial charge in [-0.2, -0.15) is 0 Å². The normalized spacial score (nSPS) is 10.9. The first-order valence-corrected chi connectivity index (χ1v) is 8.66. The van der Waals surface area contributed by atoms with Crippen LogP contribution in [0.15, 0.2) is 36.5 Å². The number of pyridine rings is 1. The number of nitrogens with zero attached hydrogens (tertiary/aromatic N) is 1. The van der Waals surface area contributed by atoms with Crippen LogP contribution in [-0.4, -0.2) is 18.1 Å². The van der Waals surface area contributed by atoms with Crippen LogP contribution in [0.25, 0.3) is 0 Å². The minimum Gasteiger partial charge on any atom is -0.490 e. The van der Waals surface area contributed by atoms with Gasteiger partial charge in [-0.1, -0.05) is 37.6 Å². The van der Waals surface area contributed by atoms with E-state index in [2.05, 4.69) is 30.2 Å². The molecule has 0 spiro atoms. The Labute approximate surface area is 149 Å². The van der Waals surface area contributed by atoms with E-state index >= 15 is 0 Å². The lowest BCUT2D eigenvalue weighted by atomic mass is 10.1. The van der Waals surface area contributed by atoms with Gasteiger partial charge in [0.05, 0.1) is 6.61 Å². The highest BCUT2D eigenvalue weighted by molar-refractivity contribution is 6.29. The molecule has 1 aromatic heterocycles. The summed E-state index contributed by atoms with van der Waals surface area (Å²) in [6.45, 7) is 9.20. The molecular formula is C19H25ClN2O2. The van der Waals surface area contributed by atoms with Gasteiger partial charge in [0, 0.05) is 18.3 Å². The third-order valence-corrected chi connectivity index (χ3v) is 3.60. The summed E-state index contributed by atoms with van der Waals surface area (Å²) < 4.78 is 11.6. The molecule has 1 heterocycles. The summed E-state index contributed by atoms with van der Waals surface area (Å²) in [6.07, 6.45) is 1.72. The van der Waals surface area contributed by atoms with Crippen molar-refractivity contribution in [2.75, 3.05) is 13.2 Å². The highest BCUT2D eigenvalue weighted by Gasteiger charge is 2.07. The molecule has 2 rings (SSSR count). The van der Waals surface area contributed by atoms with Crippen molar-refractivity contribution >= 4 is 11.6 Å². The number of halogens is 1. The molecule has 2 aromatic rings. The van der Waals surface area contributed by atoms with E-state index in [1.807, 2.05) is 25.1 Å². The first kappa shape index (κ1) is 18.6. The fraction of sp³-hybridized carbons (Fsp3) is 0.421. The lowest BCUT2D eigenvalue weighted by Gasteiger charge is -2.14. The number of nitrogens with one attached hydrogen (secondary N) is 1. The second-order valence-electron chi connectivity index (χ2n) is 6.02. The maximum Gasteiger partial charge on any atom is 0.161 e. The molecule has 0 bridgehead atoms.